The number of likely N-dealkylation sites (tertiary alicyclic amines) is 1. The molecule has 19 heavy (non-hydrogen) atoms. The molecule has 0 bridgehead atoms. The van der Waals surface area contributed by atoms with E-state index in [1.165, 1.54) is 6.33 Å². The van der Waals surface area contributed by atoms with Crippen molar-refractivity contribution >= 4 is 16.9 Å². The van der Waals surface area contributed by atoms with Gasteiger partial charge in [-0.15, -0.1) is 0 Å². The lowest BCUT2D eigenvalue weighted by atomic mass is 10.1. The Bertz CT molecular complexity index is 585. The summed E-state index contributed by atoms with van der Waals surface area (Å²) in [5.41, 5.74) is 8.36. The number of H-pyrrole nitrogens is 1. The maximum Gasteiger partial charge on any atom is 0.151 e. The number of rotatable bonds is 3. The van der Waals surface area contributed by atoms with Crippen molar-refractivity contribution in [3.63, 3.8) is 0 Å². The molecule has 2 aromatic heterocycles. The molecule has 3 rings (SSSR count). The lowest BCUT2D eigenvalue weighted by Gasteiger charge is -2.14. The van der Waals surface area contributed by atoms with E-state index in [0.717, 1.165) is 16.6 Å². The summed E-state index contributed by atoms with van der Waals surface area (Å²) in [4.78, 5) is 13.4. The fourth-order valence-corrected chi connectivity index (χ4v) is 2.62. The van der Waals surface area contributed by atoms with E-state index in [-0.39, 0.29) is 12.5 Å². The molecule has 2 aromatic rings. The quantitative estimate of drug-likeness (QED) is 0.584. The van der Waals surface area contributed by atoms with Crippen molar-refractivity contribution in [2.75, 3.05) is 25.4 Å². The minimum absolute atomic E-state index is 0.0146. The molecule has 7 heteroatoms. The van der Waals surface area contributed by atoms with Gasteiger partial charge in [-0.2, -0.15) is 0 Å². The van der Waals surface area contributed by atoms with Crippen LogP contribution in [-0.4, -0.2) is 55.9 Å². The molecule has 1 aliphatic heterocycles. The molecule has 0 radical (unpaired) electrons. The van der Waals surface area contributed by atoms with Crippen molar-refractivity contribution in [3.8, 4) is 0 Å². The average Bonchev–Trinajstić information content (AvgIpc) is 2.95. The molecule has 0 aromatic carbocycles. The van der Waals surface area contributed by atoms with Gasteiger partial charge in [0, 0.05) is 43.9 Å². The van der Waals surface area contributed by atoms with E-state index in [1.807, 2.05) is 6.20 Å². The molecule has 2 atom stereocenters. The Morgan fingerprint density at radius 3 is 3.00 bits per heavy atom. The molecule has 1 saturated heterocycles. The highest BCUT2D eigenvalue weighted by Crippen LogP contribution is 2.23. The fourth-order valence-electron chi connectivity index (χ4n) is 2.62. The van der Waals surface area contributed by atoms with Gasteiger partial charge in [0.2, 0.25) is 0 Å². The minimum atomic E-state index is -0.463. The number of nitrogens with two attached hydrogens (primary N) is 1. The van der Waals surface area contributed by atoms with Gasteiger partial charge in [-0.05, 0) is 0 Å². The predicted octanol–water partition coefficient (Wildman–Crippen LogP) is -0.675. The second-order valence-corrected chi connectivity index (χ2v) is 5.00. The van der Waals surface area contributed by atoms with Crippen LogP contribution in [-0.2, 0) is 6.54 Å². The predicted molar refractivity (Wildman–Crippen MR) is 70.2 cm³/mol. The van der Waals surface area contributed by atoms with Crippen LogP contribution in [0.4, 0.5) is 5.82 Å². The number of nitrogens with zero attached hydrogens (tertiary/aromatic N) is 3. The number of hydrogen-bond acceptors (Lipinski definition) is 6. The van der Waals surface area contributed by atoms with Gasteiger partial charge in [-0.1, -0.05) is 0 Å². The number of anilines is 1. The highest BCUT2D eigenvalue weighted by atomic mass is 16.3. The van der Waals surface area contributed by atoms with Crippen LogP contribution in [0.3, 0.4) is 0 Å². The van der Waals surface area contributed by atoms with Crippen LogP contribution in [0.1, 0.15) is 5.56 Å². The van der Waals surface area contributed by atoms with Crippen LogP contribution in [0.2, 0.25) is 0 Å². The van der Waals surface area contributed by atoms with Gasteiger partial charge in [0.05, 0.1) is 11.6 Å². The number of β-amino-alcohol motifs (C(OH)–C–C–N with tert-alkyl or cyclic N) is 1. The molecule has 1 aliphatic rings. The van der Waals surface area contributed by atoms with E-state index in [0.29, 0.717) is 25.5 Å². The van der Waals surface area contributed by atoms with Crippen LogP contribution in [0.15, 0.2) is 12.5 Å². The lowest BCUT2D eigenvalue weighted by molar-refractivity contribution is 0.103. The van der Waals surface area contributed by atoms with Crippen molar-refractivity contribution < 1.29 is 10.2 Å². The first-order valence-corrected chi connectivity index (χ1v) is 6.26. The van der Waals surface area contributed by atoms with E-state index >= 15 is 0 Å². The van der Waals surface area contributed by atoms with E-state index in [4.69, 9.17) is 10.8 Å². The first-order valence-electron chi connectivity index (χ1n) is 6.26. The van der Waals surface area contributed by atoms with E-state index in [2.05, 4.69) is 19.9 Å². The third-order valence-electron chi connectivity index (χ3n) is 3.68. The van der Waals surface area contributed by atoms with Gasteiger partial charge >= 0.3 is 0 Å². The molecular formula is C12H17N5O2. The molecule has 7 nitrogen and oxygen atoms in total. The fraction of sp³-hybridized carbons (Fsp3) is 0.500. The Kier molecular flexibility index (Phi) is 3.09. The summed E-state index contributed by atoms with van der Waals surface area (Å²) < 4.78 is 0. The Hall–Kier alpha value is -1.70. The highest BCUT2D eigenvalue weighted by Gasteiger charge is 2.30. The smallest absolute Gasteiger partial charge is 0.151 e. The molecule has 0 amide bonds. The molecule has 1 fully saturated rings. The van der Waals surface area contributed by atoms with E-state index < -0.39 is 6.10 Å². The van der Waals surface area contributed by atoms with Crippen LogP contribution in [0.5, 0.6) is 0 Å². The average molecular weight is 263 g/mol. The van der Waals surface area contributed by atoms with Gasteiger partial charge < -0.3 is 20.9 Å². The number of aromatic nitrogens is 3. The molecule has 0 spiro atoms. The summed E-state index contributed by atoms with van der Waals surface area (Å²) >= 11 is 0. The summed E-state index contributed by atoms with van der Waals surface area (Å²) in [6, 6.07) is 0. The molecule has 5 N–H and O–H groups in total. The number of hydrogen-bond donors (Lipinski definition) is 4. The third-order valence-corrected chi connectivity index (χ3v) is 3.68. The van der Waals surface area contributed by atoms with E-state index in [9.17, 15) is 5.11 Å². The third kappa shape index (κ3) is 2.16. The largest absolute Gasteiger partial charge is 0.396 e. The molecule has 0 aliphatic carbocycles. The summed E-state index contributed by atoms with van der Waals surface area (Å²) in [5.74, 6) is 0.371. The summed E-state index contributed by atoms with van der Waals surface area (Å²) in [6.07, 6.45) is 2.86. The zero-order valence-electron chi connectivity index (χ0n) is 10.5. The first kappa shape index (κ1) is 12.3. The number of fused-ring (bicyclic) bond motifs is 1. The maximum atomic E-state index is 9.79. The zero-order valence-corrected chi connectivity index (χ0v) is 10.5. The Balaban J connectivity index is 1.81. The number of aliphatic hydroxyl groups excluding tert-OH is 2. The van der Waals surface area contributed by atoms with Crippen molar-refractivity contribution in [3.05, 3.63) is 18.1 Å². The van der Waals surface area contributed by atoms with Gasteiger partial charge in [-0.3, -0.25) is 4.90 Å². The number of nitrogens with one attached hydrogen (secondary N) is 1. The molecule has 3 heterocycles. The molecular weight excluding hydrogens is 246 g/mol. The van der Waals surface area contributed by atoms with Crippen LogP contribution < -0.4 is 5.73 Å². The molecule has 102 valence electrons. The van der Waals surface area contributed by atoms with Crippen molar-refractivity contribution in [2.45, 2.75) is 12.6 Å². The number of aromatic amines is 1. The summed E-state index contributed by atoms with van der Waals surface area (Å²) in [5, 5.41) is 18.9. The minimum Gasteiger partial charge on any atom is -0.396 e. The van der Waals surface area contributed by atoms with Crippen molar-refractivity contribution in [2.24, 2.45) is 5.92 Å². The molecule has 0 saturated carbocycles. The van der Waals surface area contributed by atoms with Crippen LogP contribution in [0.25, 0.3) is 11.0 Å². The van der Waals surface area contributed by atoms with Crippen LogP contribution >= 0.6 is 0 Å². The SMILES string of the molecule is Nc1ncnc2c(CN3C[C@H](CO)[C@@H](O)C3)c[nH]c12. The molecule has 0 unspecified atom stereocenters. The topological polar surface area (TPSA) is 111 Å². The number of aliphatic hydroxyl groups is 2. The van der Waals surface area contributed by atoms with E-state index in [1.54, 1.807) is 0 Å². The standard InChI is InChI=1S/C12H17N5O2/c13-12-11-10(15-6-16-12)7(1-14-11)2-17-3-8(5-18)9(19)4-17/h1,6,8-9,14,18-19H,2-5H2,(H2,13,15,16)/t8-,9+/m1/s1. The Morgan fingerprint density at radius 1 is 1.42 bits per heavy atom. The van der Waals surface area contributed by atoms with Crippen molar-refractivity contribution in [1.29, 1.82) is 0 Å². The second kappa shape index (κ2) is 4.76. The summed E-state index contributed by atoms with van der Waals surface area (Å²) in [7, 11) is 0. The highest BCUT2D eigenvalue weighted by molar-refractivity contribution is 5.86. The number of nitrogen functional groups attached to an aromatic ring is 1. The maximum absolute atomic E-state index is 9.79. The monoisotopic (exact) mass is 263 g/mol. The lowest BCUT2D eigenvalue weighted by Crippen LogP contribution is -2.21. The van der Waals surface area contributed by atoms with Gasteiger partial charge in [0.25, 0.3) is 0 Å². The van der Waals surface area contributed by atoms with Gasteiger partial charge in [0.15, 0.2) is 5.82 Å². The van der Waals surface area contributed by atoms with Gasteiger partial charge in [-0.25, -0.2) is 9.97 Å². The first-order chi connectivity index (χ1) is 9.19. The Labute approximate surface area is 110 Å². The normalized spacial score (nSPS) is 24.3. The van der Waals surface area contributed by atoms with Crippen molar-refractivity contribution in [1.82, 2.24) is 19.9 Å². The Morgan fingerprint density at radius 2 is 2.26 bits per heavy atom. The second-order valence-electron chi connectivity index (χ2n) is 5.00. The zero-order chi connectivity index (χ0) is 13.4. The summed E-state index contributed by atoms with van der Waals surface area (Å²) in [6.45, 7) is 1.94. The van der Waals surface area contributed by atoms with Crippen LogP contribution in [0, 0.1) is 5.92 Å². The van der Waals surface area contributed by atoms with Gasteiger partial charge in [0.1, 0.15) is 11.8 Å².